The van der Waals surface area contributed by atoms with Crippen LogP contribution >= 0.6 is 0 Å². The number of Topliss-reactive ketones (excluding diaryl/α,β-unsaturated/α-hetero) is 1. The number of ketones is 1. The van der Waals surface area contributed by atoms with Crippen molar-refractivity contribution in [1.82, 2.24) is 74.7 Å². The number of hydrogen-bond acceptors (Lipinski definition) is 18. The van der Waals surface area contributed by atoms with Crippen LogP contribution in [0.15, 0.2) is 180 Å². The quantitative estimate of drug-likeness (QED) is 0.0200. The zero-order chi connectivity index (χ0) is 64.8. The summed E-state index contributed by atoms with van der Waals surface area (Å²) in [4.78, 5) is 92.1. The highest BCUT2D eigenvalue weighted by atomic mass is 16.5. The number of imidazole rings is 2. The molecule has 93 heavy (non-hydrogen) atoms. The van der Waals surface area contributed by atoms with Crippen LogP contribution in [0.3, 0.4) is 0 Å². The van der Waals surface area contributed by atoms with E-state index in [-0.39, 0.29) is 35.2 Å². The molecule has 0 bridgehead atoms. The standard InChI is InChI=1S/C37H38N8O3.C31H29N9O3.C2H6/c1-3-29(42-34-33-36(40-22-39-34)44(23-41-33)31-14-7-8-19-48-31)35-43-30-13-9-10-27(21-38-20-25-15-17-26(18-16-25)24(2)46)32(30)37(47)45(35)28-11-5-4-6-12-28;1-2-23(37-28-26-27(34-17-33-26)35-18-36-28)29-38-24-10-6-7-21(25(24)31(42)40(29)22-8-4-3-5-9-22)16-32-15-19-11-13-20(14-12-19)30(41)39-43;1-2/h4-6,9-13,15-18,22-23,29,31,38H,3,7-8,14,19-21H2,1-2H3,(H,39,40,42);3-14,17-18,23,32,43H,2,15-16H2,1H3,(H,39,41)(H2,33,34,35,36,37);1-2H3/t29-,31?;23-;/m00./s1. The Bertz CT molecular complexity index is 4670. The van der Waals surface area contributed by atoms with Gasteiger partial charge in [0.05, 0.1) is 57.9 Å². The number of carbonyl (C=O) groups excluding carboxylic acids is 2. The molecule has 7 N–H and O–H groups in total. The summed E-state index contributed by atoms with van der Waals surface area (Å²) >= 11 is 0. The Morgan fingerprint density at radius 2 is 1.15 bits per heavy atom. The summed E-state index contributed by atoms with van der Waals surface area (Å²) in [6.45, 7) is 12.4. The van der Waals surface area contributed by atoms with E-state index in [1.54, 1.807) is 46.3 Å². The normalized spacial score (nSPS) is 13.6. The molecular weight excluding hydrogens is 1170 g/mol. The Morgan fingerprint density at radius 3 is 1.68 bits per heavy atom. The molecule has 1 aliphatic rings. The highest BCUT2D eigenvalue weighted by Gasteiger charge is 2.27. The number of amides is 1. The second kappa shape index (κ2) is 29.9. The lowest BCUT2D eigenvalue weighted by atomic mass is 10.1. The zero-order valence-corrected chi connectivity index (χ0v) is 52.4. The number of H-pyrrole nitrogens is 1. The first-order valence-electron chi connectivity index (χ1n) is 31.3. The van der Waals surface area contributed by atoms with Gasteiger partial charge in [0, 0.05) is 43.9 Å². The molecule has 1 saturated heterocycles. The molecule has 7 heterocycles. The van der Waals surface area contributed by atoms with Gasteiger partial charge in [0.25, 0.3) is 17.0 Å². The van der Waals surface area contributed by atoms with Gasteiger partial charge in [0.15, 0.2) is 34.2 Å². The van der Waals surface area contributed by atoms with E-state index in [2.05, 4.69) is 63.1 Å². The van der Waals surface area contributed by atoms with E-state index in [9.17, 15) is 19.2 Å². The Kier molecular flexibility index (Phi) is 20.5. The van der Waals surface area contributed by atoms with Crippen LogP contribution in [0.1, 0.15) is 140 Å². The first-order chi connectivity index (χ1) is 45.6. The summed E-state index contributed by atoms with van der Waals surface area (Å²) < 4.78 is 11.4. The number of para-hydroxylation sites is 2. The smallest absolute Gasteiger partial charge is 0.274 e. The fourth-order valence-electron chi connectivity index (χ4n) is 11.4. The number of aromatic amines is 1. The van der Waals surface area contributed by atoms with Gasteiger partial charge >= 0.3 is 0 Å². The molecule has 1 aliphatic heterocycles. The van der Waals surface area contributed by atoms with Gasteiger partial charge in [0.1, 0.15) is 36.0 Å². The molecular formula is C70H73N17O6. The molecule has 0 radical (unpaired) electrons. The van der Waals surface area contributed by atoms with Crippen molar-refractivity contribution in [3.05, 3.63) is 237 Å². The number of carbonyl (C=O) groups is 2. The van der Waals surface area contributed by atoms with Crippen molar-refractivity contribution in [1.29, 1.82) is 0 Å². The first-order valence-corrected chi connectivity index (χ1v) is 31.3. The fourth-order valence-corrected chi connectivity index (χ4v) is 11.4. The van der Waals surface area contributed by atoms with E-state index >= 15 is 0 Å². The van der Waals surface area contributed by atoms with Crippen molar-refractivity contribution in [2.45, 2.75) is 111 Å². The summed E-state index contributed by atoms with van der Waals surface area (Å²) in [6, 6.07) is 44.3. The van der Waals surface area contributed by atoms with Crippen LogP contribution in [0.5, 0.6) is 0 Å². The van der Waals surface area contributed by atoms with Crippen molar-refractivity contribution in [3.8, 4) is 11.4 Å². The van der Waals surface area contributed by atoms with Gasteiger partial charge in [-0.1, -0.05) is 125 Å². The minimum Gasteiger partial charge on any atom is -0.358 e. The Labute approximate surface area is 535 Å². The van der Waals surface area contributed by atoms with Gasteiger partial charge in [-0.3, -0.25) is 38.1 Å². The lowest BCUT2D eigenvalue weighted by molar-refractivity contribution is -0.0298. The predicted octanol–water partition coefficient (Wildman–Crippen LogP) is 11.3. The Hall–Kier alpha value is -10.7. The van der Waals surface area contributed by atoms with Gasteiger partial charge in [-0.25, -0.2) is 45.4 Å². The molecule has 1 fully saturated rings. The number of rotatable bonds is 21. The van der Waals surface area contributed by atoms with Crippen molar-refractivity contribution >= 4 is 67.5 Å². The molecule has 3 atom stereocenters. The molecule has 12 aromatic rings. The molecule has 474 valence electrons. The van der Waals surface area contributed by atoms with Crippen LogP contribution < -0.4 is 37.9 Å². The number of anilines is 2. The van der Waals surface area contributed by atoms with Crippen molar-refractivity contribution < 1.29 is 19.5 Å². The first kappa shape index (κ1) is 63.8. The second-order valence-corrected chi connectivity index (χ2v) is 22.0. The lowest BCUT2D eigenvalue weighted by Gasteiger charge is -2.24. The fraction of sp³-hybridized carbons (Fsp3) is 0.257. The number of benzene rings is 6. The van der Waals surface area contributed by atoms with Crippen LogP contribution in [0.25, 0.3) is 55.5 Å². The van der Waals surface area contributed by atoms with E-state index in [1.165, 1.54) is 12.7 Å². The average molecular weight is 1250 g/mol. The summed E-state index contributed by atoms with van der Waals surface area (Å²) in [7, 11) is 0. The highest BCUT2D eigenvalue weighted by Crippen LogP contribution is 2.32. The summed E-state index contributed by atoms with van der Waals surface area (Å²) in [5.74, 6) is 1.77. The number of fused-ring (bicyclic) bond motifs is 4. The highest BCUT2D eigenvalue weighted by molar-refractivity contribution is 5.94. The molecule has 0 aliphatic carbocycles. The van der Waals surface area contributed by atoms with Gasteiger partial charge < -0.3 is 31.0 Å². The third kappa shape index (κ3) is 14.1. The summed E-state index contributed by atoms with van der Waals surface area (Å²) in [5, 5.41) is 23.8. The van der Waals surface area contributed by atoms with E-state index in [4.69, 9.17) is 19.9 Å². The largest absolute Gasteiger partial charge is 0.358 e. The Balaban J connectivity index is 0.000000186. The van der Waals surface area contributed by atoms with E-state index in [1.807, 2.05) is 159 Å². The summed E-state index contributed by atoms with van der Waals surface area (Å²) in [5.41, 5.74) is 11.3. The monoisotopic (exact) mass is 1250 g/mol. The van der Waals surface area contributed by atoms with E-state index < -0.39 is 5.91 Å². The minimum atomic E-state index is -0.566. The topological polar surface area (TPSA) is 292 Å². The van der Waals surface area contributed by atoms with Crippen LogP contribution in [0.4, 0.5) is 11.6 Å². The lowest BCUT2D eigenvalue weighted by Crippen LogP contribution is -2.29. The minimum absolute atomic E-state index is 0.0400. The van der Waals surface area contributed by atoms with Gasteiger partial charge in [0.2, 0.25) is 0 Å². The number of hydrogen-bond donors (Lipinski definition) is 7. The summed E-state index contributed by atoms with van der Waals surface area (Å²) in [6.07, 6.45) is 10.5. The van der Waals surface area contributed by atoms with E-state index in [0.29, 0.717) is 123 Å². The number of ether oxygens (including phenoxy) is 1. The SMILES string of the molecule is CC.CC[C@H](Nc1ncnc2c1ncn2C1CCCCO1)c1nc2cccc(CNCc3ccc(C(C)=O)cc3)c2c(=O)n1-c1ccccc1.CC[C@H](Nc1ncnc2nc[nH]c12)c1nc2cccc(CNCc3ccc(C(=O)NO)cc3)c2c(=O)n1-c1ccccc1. The molecule has 23 heteroatoms. The average Bonchev–Trinajstić information content (AvgIpc) is 1.79. The molecule has 0 spiro atoms. The number of nitrogens with zero attached hydrogens (tertiary/aromatic N) is 11. The van der Waals surface area contributed by atoms with Crippen molar-refractivity contribution in [2.24, 2.45) is 0 Å². The number of aromatic nitrogens is 12. The maximum Gasteiger partial charge on any atom is 0.274 e. The molecule has 0 saturated carbocycles. The molecule has 1 amide bonds. The van der Waals surface area contributed by atoms with E-state index in [0.717, 1.165) is 53.8 Å². The second-order valence-electron chi connectivity index (χ2n) is 22.0. The maximum absolute atomic E-state index is 14.5. The Morgan fingerprint density at radius 1 is 0.613 bits per heavy atom. The molecule has 1 unspecified atom stereocenters. The van der Waals surface area contributed by atoms with Crippen LogP contribution in [0.2, 0.25) is 0 Å². The maximum atomic E-state index is 14.5. The molecule has 6 aromatic carbocycles. The third-order valence-corrected chi connectivity index (χ3v) is 16.1. The molecule has 23 nitrogen and oxygen atoms in total. The number of nitrogens with one attached hydrogen (secondary N) is 6. The molecule has 6 aromatic heterocycles. The third-order valence-electron chi connectivity index (χ3n) is 16.1. The van der Waals surface area contributed by atoms with Gasteiger partial charge in [-0.2, -0.15) is 0 Å². The van der Waals surface area contributed by atoms with Crippen LogP contribution in [-0.2, 0) is 30.9 Å². The zero-order valence-electron chi connectivity index (χ0n) is 52.4. The van der Waals surface area contributed by atoms with Crippen LogP contribution in [0, 0.1) is 0 Å². The number of hydroxylamine groups is 1. The van der Waals surface area contributed by atoms with Gasteiger partial charge in [-0.05, 0) is 110 Å². The molecule has 13 rings (SSSR count). The van der Waals surface area contributed by atoms with Crippen molar-refractivity contribution in [3.63, 3.8) is 0 Å². The predicted molar refractivity (Wildman–Crippen MR) is 358 cm³/mol. The van der Waals surface area contributed by atoms with Crippen molar-refractivity contribution in [2.75, 3.05) is 17.2 Å². The van der Waals surface area contributed by atoms with Crippen LogP contribution in [-0.4, -0.2) is 82.1 Å². The van der Waals surface area contributed by atoms with Gasteiger partial charge in [-0.15, -0.1) is 0 Å².